The maximum absolute atomic E-state index is 12.6. The van der Waals surface area contributed by atoms with Gasteiger partial charge in [-0.25, -0.2) is 0 Å². The number of amides is 2. The number of benzene rings is 1. The second kappa shape index (κ2) is 11.5. The zero-order valence-corrected chi connectivity index (χ0v) is 18.4. The highest BCUT2D eigenvalue weighted by Crippen LogP contribution is 2.14. The minimum Gasteiger partial charge on any atom is -0.494 e. The molecule has 1 aliphatic heterocycles. The second-order valence-electron chi connectivity index (χ2n) is 7.41. The Bertz CT molecular complexity index is 766. The molecular weight excluding hydrogens is 406 g/mol. The van der Waals surface area contributed by atoms with Crippen molar-refractivity contribution in [3.63, 3.8) is 0 Å². The number of ether oxygens (including phenoxy) is 2. The molecule has 9 heteroatoms. The van der Waals surface area contributed by atoms with Crippen molar-refractivity contribution in [3.05, 3.63) is 29.8 Å². The van der Waals surface area contributed by atoms with Crippen LogP contribution >= 0.6 is 12.2 Å². The van der Waals surface area contributed by atoms with Gasteiger partial charge in [0.25, 0.3) is 5.91 Å². The van der Waals surface area contributed by atoms with E-state index in [-0.39, 0.29) is 30.0 Å². The molecule has 1 saturated heterocycles. The van der Waals surface area contributed by atoms with Gasteiger partial charge >= 0.3 is 5.97 Å². The Hall–Kier alpha value is -2.68. The maximum atomic E-state index is 12.6. The van der Waals surface area contributed by atoms with E-state index in [1.54, 1.807) is 29.2 Å². The number of esters is 1. The summed E-state index contributed by atoms with van der Waals surface area (Å²) in [6.07, 6.45) is 0.754. The third kappa shape index (κ3) is 6.98. The van der Waals surface area contributed by atoms with E-state index in [0.29, 0.717) is 31.0 Å². The quantitative estimate of drug-likeness (QED) is 0.475. The van der Waals surface area contributed by atoms with Crippen molar-refractivity contribution in [1.82, 2.24) is 15.5 Å². The molecule has 0 aliphatic carbocycles. The van der Waals surface area contributed by atoms with Crippen LogP contribution in [-0.2, 0) is 14.3 Å². The minimum absolute atomic E-state index is 0.0998. The molecule has 2 rings (SSSR count). The molecule has 1 unspecified atom stereocenters. The fourth-order valence-electron chi connectivity index (χ4n) is 2.80. The van der Waals surface area contributed by atoms with Crippen molar-refractivity contribution in [3.8, 4) is 5.75 Å². The van der Waals surface area contributed by atoms with E-state index < -0.39 is 17.9 Å². The van der Waals surface area contributed by atoms with Crippen LogP contribution in [0.25, 0.3) is 0 Å². The summed E-state index contributed by atoms with van der Waals surface area (Å²) in [7, 11) is 0. The first-order valence-electron chi connectivity index (χ1n) is 10.1. The van der Waals surface area contributed by atoms with Crippen molar-refractivity contribution in [2.24, 2.45) is 5.92 Å². The molecule has 1 aliphatic rings. The monoisotopic (exact) mass is 435 g/mol. The standard InChI is InChI=1S/C21H29N3O5S/c1-4-11-28-16-7-5-15(6-8-16)19(26)23-21(30)24-10-9-22-20(27)17(24)12-18(25)29-13-14(2)3/h5-8,14,17H,4,9-13H2,1-3H3,(H,22,27)(H,23,26,30). The zero-order valence-electron chi connectivity index (χ0n) is 17.6. The summed E-state index contributed by atoms with van der Waals surface area (Å²) >= 11 is 5.36. The molecule has 1 heterocycles. The lowest BCUT2D eigenvalue weighted by Gasteiger charge is -2.36. The number of rotatable bonds is 8. The molecule has 2 amide bonds. The molecule has 1 fully saturated rings. The first-order chi connectivity index (χ1) is 14.3. The maximum Gasteiger partial charge on any atom is 0.308 e. The average molecular weight is 436 g/mol. The number of nitrogens with one attached hydrogen (secondary N) is 2. The van der Waals surface area contributed by atoms with E-state index in [4.69, 9.17) is 21.7 Å². The van der Waals surface area contributed by atoms with Gasteiger partial charge in [0.15, 0.2) is 5.11 Å². The van der Waals surface area contributed by atoms with E-state index in [9.17, 15) is 14.4 Å². The van der Waals surface area contributed by atoms with Gasteiger partial charge in [0.05, 0.1) is 19.6 Å². The molecule has 1 aromatic carbocycles. The zero-order chi connectivity index (χ0) is 22.1. The fourth-order valence-corrected chi connectivity index (χ4v) is 3.11. The Morgan fingerprint density at radius 2 is 2.00 bits per heavy atom. The molecular formula is C21H29N3O5S. The highest BCUT2D eigenvalue weighted by atomic mass is 32.1. The topological polar surface area (TPSA) is 97.0 Å². The molecule has 1 atom stereocenters. The van der Waals surface area contributed by atoms with Crippen molar-refractivity contribution in [2.45, 2.75) is 39.7 Å². The number of thiocarbonyl (C=S) groups is 1. The van der Waals surface area contributed by atoms with Gasteiger partial charge in [-0.05, 0) is 48.8 Å². The van der Waals surface area contributed by atoms with Crippen molar-refractivity contribution in [1.29, 1.82) is 0 Å². The molecule has 0 bridgehead atoms. The van der Waals surface area contributed by atoms with E-state index in [1.165, 1.54) is 0 Å². The summed E-state index contributed by atoms with van der Waals surface area (Å²) in [6, 6.07) is 5.90. The van der Waals surface area contributed by atoms with Gasteiger partial charge in [-0.2, -0.15) is 0 Å². The molecule has 1 aromatic rings. The highest BCUT2D eigenvalue weighted by Gasteiger charge is 2.34. The number of hydrogen-bond acceptors (Lipinski definition) is 6. The Kier molecular flexibility index (Phi) is 9.04. The smallest absolute Gasteiger partial charge is 0.308 e. The summed E-state index contributed by atoms with van der Waals surface area (Å²) < 4.78 is 10.7. The number of carbonyl (C=O) groups excluding carboxylic acids is 3. The van der Waals surface area contributed by atoms with E-state index in [0.717, 1.165) is 6.42 Å². The molecule has 30 heavy (non-hydrogen) atoms. The van der Waals surface area contributed by atoms with Crippen molar-refractivity contribution >= 4 is 35.1 Å². The Labute approximate surface area is 182 Å². The number of carbonyl (C=O) groups is 3. The third-order valence-electron chi connectivity index (χ3n) is 4.34. The predicted molar refractivity (Wildman–Crippen MR) is 116 cm³/mol. The summed E-state index contributed by atoms with van der Waals surface area (Å²) in [5.41, 5.74) is 0.413. The number of piperazine rings is 1. The molecule has 0 radical (unpaired) electrons. The lowest BCUT2D eigenvalue weighted by molar-refractivity contribution is -0.148. The van der Waals surface area contributed by atoms with Crippen LogP contribution in [0.15, 0.2) is 24.3 Å². The van der Waals surface area contributed by atoms with Crippen LogP contribution in [0.1, 0.15) is 44.0 Å². The van der Waals surface area contributed by atoms with Gasteiger partial charge in [-0.1, -0.05) is 20.8 Å². The van der Waals surface area contributed by atoms with Gasteiger partial charge in [0, 0.05) is 18.7 Å². The third-order valence-corrected chi connectivity index (χ3v) is 4.68. The molecule has 8 nitrogen and oxygen atoms in total. The van der Waals surface area contributed by atoms with Crippen LogP contribution in [0, 0.1) is 5.92 Å². The summed E-state index contributed by atoms with van der Waals surface area (Å²) in [4.78, 5) is 38.5. The Morgan fingerprint density at radius 3 is 2.63 bits per heavy atom. The van der Waals surface area contributed by atoms with E-state index in [2.05, 4.69) is 10.6 Å². The summed E-state index contributed by atoms with van der Waals surface area (Å²) in [5, 5.41) is 5.47. The molecule has 0 saturated carbocycles. The van der Waals surface area contributed by atoms with Gasteiger partial charge in [0.1, 0.15) is 11.8 Å². The normalized spacial score (nSPS) is 16.1. The van der Waals surface area contributed by atoms with Crippen LogP contribution in [-0.4, -0.2) is 60.1 Å². The van der Waals surface area contributed by atoms with Crippen LogP contribution in [0.2, 0.25) is 0 Å². The van der Waals surface area contributed by atoms with E-state index >= 15 is 0 Å². The summed E-state index contributed by atoms with van der Waals surface area (Å²) in [6.45, 7) is 7.52. The van der Waals surface area contributed by atoms with Crippen LogP contribution < -0.4 is 15.4 Å². The molecule has 0 spiro atoms. The average Bonchev–Trinajstić information content (AvgIpc) is 2.72. The number of hydrogen-bond donors (Lipinski definition) is 2. The van der Waals surface area contributed by atoms with E-state index in [1.807, 2.05) is 20.8 Å². The van der Waals surface area contributed by atoms with Crippen LogP contribution in [0.3, 0.4) is 0 Å². The Morgan fingerprint density at radius 1 is 1.30 bits per heavy atom. The lowest BCUT2D eigenvalue weighted by Crippen LogP contribution is -2.60. The van der Waals surface area contributed by atoms with Crippen molar-refractivity contribution in [2.75, 3.05) is 26.3 Å². The number of nitrogens with zero attached hydrogens (tertiary/aromatic N) is 1. The Balaban J connectivity index is 1.99. The highest BCUT2D eigenvalue weighted by molar-refractivity contribution is 7.80. The first-order valence-corrected chi connectivity index (χ1v) is 10.5. The SMILES string of the molecule is CCCOc1ccc(C(=O)NC(=S)N2CCNC(=O)C2CC(=O)OCC(C)C)cc1. The minimum atomic E-state index is -0.823. The second-order valence-corrected chi connectivity index (χ2v) is 7.80. The van der Waals surface area contributed by atoms with Gasteiger partial charge < -0.3 is 19.7 Å². The molecule has 2 N–H and O–H groups in total. The van der Waals surface area contributed by atoms with Crippen LogP contribution in [0.5, 0.6) is 5.75 Å². The largest absolute Gasteiger partial charge is 0.494 e. The van der Waals surface area contributed by atoms with Gasteiger partial charge in [0.2, 0.25) is 5.91 Å². The van der Waals surface area contributed by atoms with Crippen molar-refractivity contribution < 1.29 is 23.9 Å². The first kappa shape index (κ1) is 23.6. The fraction of sp³-hybridized carbons (Fsp3) is 0.524. The van der Waals surface area contributed by atoms with Crippen LogP contribution in [0.4, 0.5) is 0 Å². The predicted octanol–water partition coefficient (Wildman–Crippen LogP) is 1.88. The molecule has 164 valence electrons. The summed E-state index contributed by atoms with van der Waals surface area (Å²) in [5.74, 6) is -0.313. The lowest BCUT2D eigenvalue weighted by atomic mass is 10.1. The van der Waals surface area contributed by atoms with Gasteiger partial charge in [-0.15, -0.1) is 0 Å². The van der Waals surface area contributed by atoms with Gasteiger partial charge in [-0.3, -0.25) is 19.7 Å². The molecule has 0 aromatic heterocycles.